The zero-order valence-corrected chi connectivity index (χ0v) is 10.3. The van der Waals surface area contributed by atoms with Crippen molar-refractivity contribution >= 4 is 17.4 Å². The molecule has 0 saturated heterocycles. The van der Waals surface area contributed by atoms with E-state index in [9.17, 15) is 14.4 Å². The fourth-order valence-electron chi connectivity index (χ4n) is 1.59. The number of H-pyrrole nitrogens is 1. The van der Waals surface area contributed by atoms with Crippen LogP contribution in [0.5, 0.6) is 0 Å². The number of Topliss-reactive ketones (excluding diaryl/α,β-unsaturated/α-hetero) is 1. The van der Waals surface area contributed by atoms with E-state index in [1.165, 1.54) is 25.3 Å². The molecular formula is C14H12N2O3. The number of amides is 1. The Morgan fingerprint density at radius 2 is 1.95 bits per heavy atom. The first-order valence-corrected chi connectivity index (χ1v) is 5.67. The normalized spacial score (nSPS) is 9.95. The first-order valence-electron chi connectivity index (χ1n) is 5.67. The lowest BCUT2D eigenvalue weighted by molar-refractivity contribution is 0.100. The zero-order chi connectivity index (χ0) is 13.8. The standard InChI is InChI=1S/C14H12N2O3/c1-9(17)10-3-2-4-11(7-10)16-14(19)13-8-12(18)5-6-15-13/h2-8H,1H3,(H,15,18)(H,16,19). The van der Waals surface area contributed by atoms with Crippen LogP contribution in [0, 0.1) is 0 Å². The largest absolute Gasteiger partial charge is 0.357 e. The van der Waals surface area contributed by atoms with Gasteiger partial charge in [0.2, 0.25) is 0 Å². The number of carbonyl (C=O) groups is 2. The Labute approximate surface area is 109 Å². The molecule has 0 spiro atoms. The maximum Gasteiger partial charge on any atom is 0.272 e. The Bertz CT molecular complexity index is 689. The van der Waals surface area contributed by atoms with Crippen LogP contribution in [0.3, 0.4) is 0 Å². The molecule has 0 unspecified atom stereocenters. The average molecular weight is 256 g/mol. The van der Waals surface area contributed by atoms with Crippen LogP contribution in [-0.2, 0) is 0 Å². The highest BCUT2D eigenvalue weighted by Crippen LogP contribution is 2.12. The molecule has 0 radical (unpaired) electrons. The Hall–Kier alpha value is -2.69. The van der Waals surface area contributed by atoms with E-state index in [0.717, 1.165) is 0 Å². The number of nitrogens with one attached hydrogen (secondary N) is 2. The van der Waals surface area contributed by atoms with Gasteiger partial charge < -0.3 is 10.3 Å². The molecule has 5 nitrogen and oxygen atoms in total. The van der Waals surface area contributed by atoms with Gasteiger partial charge in [-0.15, -0.1) is 0 Å². The quantitative estimate of drug-likeness (QED) is 0.822. The minimum Gasteiger partial charge on any atom is -0.357 e. The van der Waals surface area contributed by atoms with Gasteiger partial charge in [-0.1, -0.05) is 12.1 Å². The predicted octanol–water partition coefficient (Wildman–Crippen LogP) is 1.83. The number of pyridine rings is 1. The summed E-state index contributed by atoms with van der Waals surface area (Å²) in [6.07, 6.45) is 1.41. The number of aromatic nitrogens is 1. The maximum absolute atomic E-state index is 11.9. The number of aromatic amines is 1. The van der Waals surface area contributed by atoms with Gasteiger partial charge in [0.25, 0.3) is 5.91 Å². The van der Waals surface area contributed by atoms with E-state index in [0.29, 0.717) is 11.3 Å². The number of hydrogen-bond donors (Lipinski definition) is 2. The summed E-state index contributed by atoms with van der Waals surface area (Å²) in [4.78, 5) is 37.0. The third kappa shape index (κ3) is 3.16. The molecule has 0 fully saturated rings. The number of carbonyl (C=O) groups excluding carboxylic acids is 2. The molecule has 1 aromatic carbocycles. The molecular weight excluding hydrogens is 244 g/mol. The van der Waals surface area contributed by atoms with Gasteiger partial charge in [-0.05, 0) is 19.1 Å². The first kappa shape index (κ1) is 12.8. The number of ketones is 1. The molecule has 0 aliphatic rings. The van der Waals surface area contributed by atoms with Gasteiger partial charge in [0, 0.05) is 29.6 Å². The van der Waals surface area contributed by atoms with Crippen LogP contribution >= 0.6 is 0 Å². The molecule has 2 aromatic rings. The van der Waals surface area contributed by atoms with Crippen LogP contribution in [0.15, 0.2) is 47.4 Å². The predicted molar refractivity (Wildman–Crippen MR) is 71.5 cm³/mol. The molecule has 2 rings (SSSR count). The third-order valence-corrected chi connectivity index (χ3v) is 2.54. The van der Waals surface area contributed by atoms with Gasteiger partial charge in [-0.3, -0.25) is 14.4 Å². The second kappa shape index (κ2) is 5.30. The van der Waals surface area contributed by atoms with Crippen molar-refractivity contribution < 1.29 is 9.59 Å². The van der Waals surface area contributed by atoms with Gasteiger partial charge in [-0.25, -0.2) is 0 Å². The SMILES string of the molecule is CC(=O)c1cccc(NC(=O)c2cc(=O)cc[nH]2)c1. The molecule has 0 aliphatic carbocycles. The summed E-state index contributed by atoms with van der Waals surface area (Å²) in [5, 5.41) is 2.62. The second-order valence-electron chi connectivity index (χ2n) is 4.03. The van der Waals surface area contributed by atoms with Crippen molar-refractivity contribution in [3.05, 3.63) is 64.1 Å². The summed E-state index contributed by atoms with van der Waals surface area (Å²) < 4.78 is 0. The van der Waals surface area contributed by atoms with Crippen LogP contribution in [0.4, 0.5) is 5.69 Å². The van der Waals surface area contributed by atoms with Crippen molar-refractivity contribution in [3.63, 3.8) is 0 Å². The van der Waals surface area contributed by atoms with Crippen LogP contribution in [0.2, 0.25) is 0 Å². The summed E-state index contributed by atoms with van der Waals surface area (Å²) in [7, 11) is 0. The van der Waals surface area contributed by atoms with Gasteiger partial charge in [0.05, 0.1) is 0 Å². The lowest BCUT2D eigenvalue weighted by Gasteiger charge is -2.06. The average Bonchev–Trinajstić information content (AvgIpc) is 2.39. The van der Waals surface area contributed by atoms with E-state index in [4.69, 9.17) is 0 Å². The van der Waals surface area contributed by atoms with Crippen LogP contribution < -0.4 is 10.7 Å². The molecule has 0 aliphatic heterocycles. The smallest absolute Gasteiger partial charge is 0.272 e. The van der Waals surface area contributed by atoms with Crippen LogP contribution in [0.1, 0.15) is 27.8 Å². The highest BCUT2D eigenvalue weighted by atomic mass is 16.2. The minimum absolute atomic E-state index is 0.0794. The highest BCUT2D eigenvalue weighted by Gasteiger charge is 2.08. The fraction of sp³-hybridized carbons (Fsp3) is 0.0714. The molecule has 96 valence electrons. The number of anilines is 1. The lowest BCUT2D eigenvalue weighted by atomic mass is 10.1. The van der Waals surface area contributed by atoms with Crippen molar-refractivity contribution in [3.8, 4) is 0 Å². The van der Waals surface area contributed by atoms with Crippen LogP contribution in [0.25, 0.3) is 0 Å². The van der Waals surface area contributed by atoms with Crippen molar-refractivity contribution in [1.29, 1.82) is 0 Å². The molecule has 19 heavy (non-hydrogen) atoms. The van der Waals surface area contributed by atoms with Gasteiger partial charge in [0.15, 0.2) is 11.2 Å². The Morgan fingerprint density at radius 1 is 1.16 bits per heavy atom. The van der Waals surface area contributed by atoms with E-state index in [1.807, 2.05) is 0 Å². The summed E-state index contributed by atoms with van der Waals surface area (Å²) >= 11 is 0. The van der Waals surface area contributed by atoms with Gasteiger partial charge in [0.1, 0.15) is 5.69 Å². The van der Waals surface area contributed by atoms with Crippen molar-refractivity contribution in [2.24, 2.45) is 0 Å². The Morgan fingerprint density at radius 3 is 2.63 bits per heavy atom. The molecule has 0 saturated carbocycles. The molecule has 0 bridgehead atoms. The summed E-state index contributed by atoms with van der Waals surface area (Å²) in [5.41, 5.74) is 0.934. The summed E-state index contributed by atoms with van der Waals surface area (Å²) in [5.74, 6) is -0.511. The molecule has 0 atom stereocenters. The summed E-state index contributed by atoms with van der Waals surface area (Å²) in [6, 6.07) is 9.15. The van der Waals surface area contributed by atoms with E-state index in [2.05, 4.69) is 10.3 Å². The van der Waals surface area contributed by atoms with Gasteiger partial charge >= 0.3 is 0 Å². The third-order valence-electron chi connectivity index (χ3n) is 2.54. The number of benzene rings is 1. The molecule has 1 heterocycles. The molecule has 5 heteroatoms. The Kier molecular flexibility index (Phi) is 3.56. The van der Waals surface area contributed by atoms with E-state index < -0.39 is 5.91 Å². The fourth-order valence-corrected chi connectivity index (χ4v) is 1.59. The maximum atomic E-state index is 11.9. The topological polar surface area (TPSA) is 79.0 Å². The first-order chi connectivity index (χ1) is 9.06. The van der Waals surface area contributed by atoms with Crippen molar-refractivity contribution in [1.82, 2.24) is 4.98 Å². The van der Waals surface area contributed by atoms with Gasteiger partial charge in [-0.2, -0.15) is 0 Å². The highest BCUT2D eigenvalue weighted by molar-refractivity contribution is 6.03. The molecule has 1 amide bonds. The lowest BCUT2D eigenvalue weighted by Crippen LogP contribution is -2.16. The summed E-state index contributed by atoms with van der Waals surface area (Å²) in [6.45, 7) is 1.45. The van der Waals surface area contributed by atoms with Crippen molar-refractivity contribution in [2.75, 3.05) is 5.32 Å². The van der Waals surface area contributed by atoms with E-state index in [1.54, 1.807) is 24.3 Å². The Balaban J connectivity index is 2.22. The molecule has 2 N–H and O–H groups in total. The minimum atomic E-state index is -0.432. The number of rotatable bonds is 3. The number of hydrogen-bond acceptors (Lipinski definition) is 3. The van der Waals surface area contributed by atoms with Crippen LogP contribution in [-0.4, -0.2) is 16.7 Å². The zero-order valence-electron chi connectivity index (χ0n) is 10.3. The molecule has 1 aromatic heterocycles. The van der Waals surface area contributed by atoms with E-state index in [-0.39, 0.29) is 16.9 Å². The van der Waals surface area contributed by atoms with Crippen molar-refractivity contribution in [2.45, 2.75) is 6.92 Å². The second-order valence-corrected chi connectivity index (χ2v) is 4.03. The van der Waals surface area contributed by atoms with E-state index >= 15 is 0 Å². The monoisotopic (exact) mass is 256 g/mol.